The second-order valence-electron chi connectivity index (χ2n) is 5.85. The number of quaternary nitrogens is 1. The molecule has 1 aliphatic heterocycles. The molecule has 12 heteroatoms. The Kier molecular flexibility index (Phi) is 8.99. The SMILES string of the molecule is CCCOc1nc(OCCC)nc([N+]2(C)CCOCC2)n1.F[B-](F)(F)F. The minimum atomic E-state index is -6.00. The molecular formula is C14H25BF4N4O3. The first-order chi connectivity index (χ1) is 12.2. The fourth-order valence-electron chi connectivity index (χ4n) is 2.03. The lowest BCUT2D eigenvalue weighted by Crippen LogP contribution is -2.54. The highest BCUT2D eigenvalue weighted by Gasteiger charge is 2.33. The van der Waals surface area contributed by atoms with Gasteiger partial charge in [-0.3, -0.25) is 4.48 Å². The molecule has 1 aromatic heterocycles. The van der Waals surface area contributed by atoms with Crippen LogP contribution in [0.5, 0.6) is 12.0 Å². The Hall–Kier alpha value is -1.69. The predicted octanol–water partition coefficient (Wildman–Crippen LogP) is 2.72. The lowest BCUT2D eigenvalue weighted by atomic mass is 10.3. The molecule has 0 amide bonds. The molecular weight excluding hydrogens is 359 g/mol. The third-order valence-corrected chi connectivity index (χ3v) is 3.39. The van der Waals surface area contributed by atoms with Crippen LogP contribution < -0.4 is 14.0 Å². The molecule has 7 nitrogen and oxygen atoms in total. The van der Waals surface area contributed by atoms with Crippen molar-refractivity contribution < 1.29 is 31.5 Å². The number of ether oxygens (including phenoxy) is 3. The summed E-state index contributed by atoms with van der Waals surface area (Å²) < 4.78 is 56.2. The van der Waals surface area contributed by atoms with E-state index in [-0.39, 0.29) is 0 Å². The van der Waals surface area contributed by atoms with E-state index in [1.807, 2.05) is 13.8 Å². The van der Waals surface area contributed by atoms with Gasteiger partial charge in [0.2, 0.25) is 0 Å². The van der Waals surface area contributed by atoms with Crippen molar-refractivity contribution in [2.75, 3.05) is 46.6 Å². The Labute approximate surface area is 150 Å². The molecule has 1 fully saturated rings. The number of hydrogen-bond donors (Lipinski definition) is 0. The van der Waals surface area contributed by atoms with Crippen molar-refractivity contribution >= 4 is 13.2 Å². The molecule has 0 unspecified atom stereocenters. The third-order valence-electron chi connectivity index (χ3n) is 3.39. The van der Waals surface area contributed by atoms with Gasteiger partial charge in [-0.2, -0.15) is 0 Å². The Morgan fingerprint density at radius 2 is 1.35 bits per heavy atom. The summed E-state index contributed by atoms with van der Waals surface area (Å²) in [4.78, 5) is 13.2. The average molecular weight is 384 g/mol. The summed E-state index contributed by atoms with van der Waals surface area (Å²) in [6, 6.07) is 0.692. The number of rotatable bonds is 7. The van der Waals surface area contributed by atoms with Crippen molar-refractivity contribution in [2.24, 2.45) is 0 Å². The van der Waals surface area contributed by atoms with E-state index in [0.29, 0.717) is 48.9 Å². The van der Waals surface area contributed by atoms with Gasteiger partial charge in [0.05, 0.1) is 33.5 Å². The molecule has 1 aromatic rings. The lowest BCUT2D eigenvalue weighted by Gasteiger charge is -2.34. The van der Waals surface area contributed by atoms with Crippen LogP contribution in [0.4, 0.5) is 23.2 Å². The summed E-state index contributed by atoms with van der Waals surface area (Å²) in [5.74, 6) is 0.686. The maximum atomic E-state index is 9.75. The minimum Gasteiger partial charge on any atom is -0.463 e. The lowest BCUT2D eigenvalue weighted by molar-refractivity contribution is 0.0488. The van der Waals surface area contributed by atoms with E-state index in [9.17, 15) is 17.3 Å². The number of likely N-dealkylation sites (N-methyl/N-ethyl adjacent to an activating group) is 1. The van der Waals surface area contributed by atoms with Crippen molar-refractivity contribution in [3.05, 3.63) is 0 Å². The second-order valence-corrected chi connectivity index (χ2v) is 5.85. The highest BCUT2D eigenvalue weighted by atomic mass is 19.5. The Morgan fingerprint density at radius 1 is 0.923 bits per heavy atom. The Morgan fingerprint density at radius 3 is 1.73 bits per heavy atom. The van der Waals surface area contributed by atoms with E-state index in [1.165, 1.54) is 0 Å². The topological polar surface area (TPSA) is 66.4 Å². The maximum absolute atomic E-state index is 9.75. The zero-order valence-corrected chi connectivity index (χ0v) is 15.3. The van der Waals surface area contributed by atoms with Gasteiger partial charge < -0.3 is 31.5 Å². The van der Waals surface area contributed by atoms with Gasteiger partial charge in [-0.25, -0.2) is 0 Å². The molecule has 2 heterocycles. The van der Waals surface area contributed by atoms with E-state index in [2.05, 4.69) is 22.0 Å². The van der Waals surface area contributed by atoms with Crippen molar-refractivity contribution in [1.29, 1.82) is 0 Å². The van der Waals surface area contributed by atoms with Crippen LogP contribution in [0.1, 0.15) is 26.7 Å². The molecule has 0 aliphatic carbocycles. The molecule has 0 N–H and O–H groups in total. The smallest absolute Gasteiger partial charge is 0.463 e. The van der Waals surface area contributed by atoms with E-state index >= 15 is 0 Å². The predicted molar refractivity (Wildman–Crippen MR) is 89.9 cm³/mol. The number of nitrogens with zero attached hydrogens (tertiary/aromatic N) is 4. The quantitative estimate of drug-likeness (QED) is 0.409. The summed E-state index contributed by atoms with van der Waals surface area (Å²) in [5.41, 5.74) is 0. The highest BCUT2D eigenvalue weighted by molar-refractivity contribution is 6.50. The van der Waals surface area contributed by atoms with Gasteiger partial charge in [-0.1, -0.05) is 13.8 Å². The van der Waals surface area contributed by atoms with Gasteiger partial charge in [-0.15, -0.1) is 15.0 Å². The van der Waals surface area contributed by atoms with Crippen LogP contribution in [-0.2, 0) is 4.74 Å². The molecule has 0 aromatic carbocycles. The third kappa shape index (κ3) is 8.61. The summed E-state index contributed by atoms with van der Waals surface area (Å²) >= 11 is 0. The molecule has 1 saturated heterocycles. The number of halogens is 4. The van der Waals surface area contributed by atoms with Gasteiger partial charge in [0.25, 0.3) is 0 Å². The second kappa shape index (κ2) is 10.5. The van der Waals surface area contributed by atoms with Crippen molar-refractivity contribution in [1.82, 2.24) is 19.4 Å². The van der Waals surface area contributed by atoms with Crippen LogP contribution in [0.3, 0.4) is 0 Å². The Balaban J connectivity index is 0.000000597. The van der Waals surface area contributed by atoms with Crippen molar-refractivity contribution in [2.45, 2.75) is 26.7 Å². The van der Waals surface area contributed by atoms with Crippen LogP contribution in [0.15, 0.2) is 0 Å². The van der Waals surface area contributed by atoms with E-state index in [4.69, 9.17) is 14.2 Å². The molecule has 150 valence electrons. The molecule has 0 spiro atoms. The zero-order chi connectivity index (χ0) is 19.6. The zero-order valence-electron chi connectivity index (χ0n) is 15.3. The van der Waals surface area contributed by atoms with Crippen LogP contribution in [0.25, 0.3) is 0 Å². The number of aromatic nitrogens is 3. The molecule has 0 bridgehead atoms. The normalized spacial score (nSPS) is 16.4. The number of morpholine rings is 1. The first kappa shape index (κ1) is 22.4. The summed E-state index contributed by atoms with van der Waals surface area (Å²) in [7, 11) is -3.90. The first-order valence-corrected chi connectivity index (χ1v) is 8.49. The van der Waals surface area contributed by atoms with Gasteiger partial charge in [0.1, 0.15) is 13.1 Å². The molecule has 1 aliphatic rings. The van der Waals surface area contributed by atoms with Crippen molar-refractivity contribution in [3.8, 4) is 12.0 Å². The monoisotopic (exact) mass is 384 g/mol. The largest absolute Gasteiger partial charge is 0.673 e. The molecule has 0 atom stereocenters. The summed E-state index contributed by atoms with van der Waals surface area (Å²) in [6.07, 6.45) is 1.82. The van der Waals surface area contributed by atoms with Crippen LogP contribution in [0, 0.1) is 0 Å². The van der Waals surface area contributed by atoms with Gasteiger partial charge in [0, 0.05) is 0 Å². The average Bonchev–Trinajstić information content (AvgIpc) is 2.57. The fourth-order valence-corrected chi connectivity index (χ4v) is 2.03. The van der Waals surface area contributed by atoms with Crippen LogP contribution in [-0.4, -0.2) is 68.8 Å². The molecule has 0 radical (unpaired) electrons. The summed E-state index contributed by atoms with van der Waals surface area (Å²) in [5, 5.41) is 0. The minimum absolute atomic E-state index is 0.346. The van der Waals surface area contributed by atoms with Crippen LogP contribution in [0.2, 0.25) is 0 Å². The maximum Gasteiger partial charge on any atom is 0.673 e. The van der Waals surface area contributed by atoms with E-state index < -0.39 is 7.25 Å². The molecule has 2 rings (SSSR count). The number of hydrogen-bond acceptors (Lipinski definition) is 6. The van der Waals surface area contributed by atoms with Gasteiger partial charge >= 0.3 is 25.2 Å². The van der Waals surface area contributed by atoms with Gasteiger partial charge in [0.15, 0.2) is 0 Å². The first-order valence-electron chi connectivity index (χ1n) is 8.49. The van der Waals surface area contributed by atoms with E-state index in [1.54, 1.807) is 0 Å². The summed E-state index contributed by atoms with van der Waals surface area (Å²) in [6.45, 7) is 8.36. The van der Waals surface area contributed by atoms with E-state index in [0.717, 1.165) is 25.9 Å². The van der Waals surface area contributed by atoms with Crippen LogP contribution >= 0.6 is 0 Å². The van der Waals surface area contributed by atoms with Crippen molar-refractivity contribution in [3.63, 3.8) is 0 Å². The Bertz CT molecular complexity index is 513. The van der Waals surface area contributed by atoms with Gasteiger partial charge in [-0.05, 0) is 12.8 Å². The molecule has 26 heavy (non-hydrogen) atoms. The standard InChI is InChI=1S/C14H25N4O3.BF4/c1-4-8-20-13-15-12(16-14(17-13)21-9-5-2)18(3)6-10-19-11-7-18;2-1(3,4)5/h4-11H2,1-3H3;/q+1;-1. The highest BCUT2D eigenvalue weighted by Crippen LogP contribution is 2.22. The molecule has 0 saturated carbocycles. The fraction of sp³-hybridized carbons (Fsp3) is 0.786.